The van der Waals surface area contributed by atoms with Gasteiger partial charge in [-0.15, -0.1) is 0 Å². The van der Waals surface area contributed by atoms with Gasteiger partial charge in [0.05, 0.1) is 39.6 Å². The standard InChI is InChI=1S/C44H74O35/c1-43-10(3-45)2-44(66,36(65)35(43)64)78-34-16(9-51)71-41(27(62)22(34)57)76-32-14(7-49)69-39(25(60)20(32)55)74-30-12(5-47)67-37(23(58)18(30)53)73-29-11(4-46)68-38(24(59)17(29)52)75-31-13(6-48)70-40(26(61)19(31)54)77-33-15(8-50)72-42(79-43)28(63)21(33)56/h10-42,45-66H,2-9H2,1H3/t10-,11-,12-,13-,14-,15-,16-,17-,18-,19-,20-,21-,22-,23-,24-,25-,26-,27-,28-,29-,30-,31-,32-,33-,34-,35-,36-,37-,38-,39-,40-,41-,42-,43-,44+/m1/s1. The first-order valence-corrected chi connectivity index (χ1v) is 25.4. The van der Waals surface area contributed by atoms with Gasteiger partial charge in [0.1, 0.15) is 164 Å². The summed E-state index contributed by atoms with van der Waals surface area (Å²) in [6, 6.07) is 0. The highest BCUT2D eigenvalue weighted by Crippen LogP contribution is 2.46. The molecule has 0 radical (unpaired) electrons. The Bertz CT molecular complexity index is 1920. The Hall–Kier alpha value is -1.40. The zero-order chi connectivity index (χ0) is 57.9. The van der Waals surface area contributed by atoms with E-state index in [0.29, 0.717) is 0 Å². The molecule has 0 aromatic heterocycles. The lowest BCUT2D eigenvalue weighted by atomic mass is 9.70. The van der Waals surface area contributed by atoms with Gasteiger partial charge in [-0.1, -0.05) is 0 Å². The van der Waals surface area contributed by atoms with Gasteiger partial charge in [-0.2, -0.15) is 0 Å². The van der Waals surface area contributed by atoms with Crippen molar-refractivity contribution in [2.24, 2.45) is 5.92 Å². The smallest absolute Gasteiger partial charge is 0.195 e. The fourth-order valence-corrected chi connectivity index (χ4v) is 11.2. The second kappa shape index (κ2) is 25.7. The van der Waals surface area contributed by atoms with Gasteiger partial charge in [0.2, 0.25) is 0 Å². The van der Waals surface area contributed by atoms with Crippen molar-refractivity contribution >= 4 is 0 Å². The van der Waals surface area contributed by atoms with Crippen molar-refractivity contribution in [1.29, 1.82) is 0 Å². The Labute approximate surface area is 446 Å². The lowest BCUT2D eigenvalue weighted by molar-refractivity contribution is -0.412. The second-order valence-corrected chi connectivity index (χ2v) is 20.9. The molecule has 79 heavy (non-hydrogen) atoms. The van der Waals surface area contributed by atoms with E-state index in [2.05, 4.69) is 0 Å². The first-order chi connectivity index (χ1) is 37.4. The van der Waals surface area contributed by atoms with Crippen LogP contribution in [0.3, 0.4) is 0 Å². The summed E-state index contributed by atoms with van der Waals surface area (Å²) >= 11 is 0. The normalized spacial score (nSPS) is 56.2. The molecule has 14 bridgehead atoms. The minimum atomic E-state index is -3.04. The van der Waals surface area contributed by atoms with Gasteiger partial charge in [0.25, 0.3) is 0 Å². The summed E-state index contributed by atoms with van der Waals surface area (Å²) < 4.78 is 74.2. The average molecular weight is 1160 g/mol. The molecule has 15 rings (SSSR count). The topological polar surface area (TPSA) is 565 Å². The maximum absolute atomic E-state index is 11.9. The molecule has 460 valence electrons. The van der Waals surface area contributed by atoms with E-state index in [1.54, 1.807) is 0 Å². The zero-order valence-corrected chi connectivity index (χ0v) is 41.9. The molecule has 1 aliphatic carbocycles. The van der Waals surface area contributed by atoms with Crippen molar-refractivity contribution in [3.05, 3.63) is 0 Å². The predicted octanol–water partition coefficient (Wildman–Crippen LogP) is -14.9. The van der Waals surface area contributed by atoms with Crippen LogP contribution in [0.4, 0.5) is 0 Å². The van der Waals surface area contributed by atoms with Crippen molar-refractivity contribution in [2.45, 2.75) is 221 Å². The van der Waals surface area contributed by atoms with E-state index in [9.17, 15) is 112 Å². The Kier molecular flexibility index (Phi) is 20.7. The number of aliphatic hydroxyl groups excluding tert-OH is 21. The SMILES string of the molecule is C[C@@]12O[C@H]3O[C@H](CO)[C@@H](O[C@H]4O[C@H](CO)[C@@H](O[C@H]5O[C@H](CO)[C@@H](O[C@H]6O[C@H](CO)[C@@H](O[C@H]7O[C@H](CO)[C@@H](O[C@H]8O[C@H](CO)[C@@H](O[C@@](O)(C[C@@H]1CO)[C@H](O)[C@H]2O)[C@H](O)[C@H]8O)[C@H](O)[C@H]7O)[C@H](O)[C@H]6O)[C@H](O)[C@H]5O)[C@H](O)[C@H]4O)[C@H](O)[C@H]3O. The van der Waals surface area contributed by atoms with Crippen molar-refractivity contribution < 1.29 is 174 Å². The number of hydrogen-bond acceptors (Lipinski definition) is 35. The Morgan fingerprint density at radius 2 is 0.532 bits per heavy atom. The number of fused-ring (bicyclic) bond motifs is 7. The van der Waals surface area contributed by atoms with Crippen molar-refractivity contribution in [3.8, 4) is 0 Å². The van der Waals surface area contributed by atoms with Gasteiger partial charge in [0, 0.05) is 18.9 Å². The van der Waals surface area contributed by atoms with Crippen molar-refractivity contribution in [2.75, 3.05) is 46.2 Å². The molecule has 15 aliphatic rings. The summed E-state index contributed by atoms with van der Waals surface area (Å²) in [6.07, 6.45) is -67.0. The van der Waals surface area contributed by atoms with Crippen LogP contribution in [0.5, 0.6) is 0 Å². The van der Waals surface area contributed by atoms with Crippen LogP contribution >= 0.6 is 0 Å². The number of rotatable bonds is 7. The highest BCUT2D eigenvalue weighted by atomic mass is 16.8. The average Bonchev–Trinajstić information content (AvgIpc) is 3.63. The first-order valence-electron chi connectivity index (χ1n) is 25.4. The quantitative estimate of drug-likeness (QED) is 0.113. The molecule has 14 aliphatic heterocycles. The minimum absolute atomic E-state index is 0.928. The molecule has 0 amide bonds. The van der Waals surface area contributed by atoms with E-state index in [-0.39, 0.29) is 0 Å². The molecule has 1 saturated carbocycles. The van der Waals surface area contributed by atoms with Crippen LogP contribution in [0.1, 0.15) is 13.3 Å². The highest BCUT2D eigenvalue weighted by Gasteiger charge is 2.64. The minimum Gasteiger partial charge on any atom is -0.396 e. The maximum Gasteiger partial charge on any atom is 0.195 e. The molecule has 15 fully saturated rings. The van der Waals surface area contributed by atoms with Gasteiger partial charge in [-0.3, -0.25) is 0 Å². The van der Waals surface area contributed by atoms with E-state index in [4.69, 9.17) is 61.6 Å². The summed E-state index contributed by atoms with van der Waals surface area (Å²) in [5.41, 5.74) is -2.31. The van der Waals surface area contributed by atoms with Crippen LogP contribution in [0, 0.1) is 5.92 Å². The summed E-state index contributed by atoms with van der Waals surface area (Å²) in [4.78, 5) is 0. The molecule has 0 aromatic carbocycles. The van der Waals surface area contributed by atoms with Crippen LogP contribution < -0.4 is 0 Å². The van der Waals surface area contributed by atoms with Crippen molar-refractivity contribution in [3.63, 3.8) is 0 Å². The number of ether oxygens (including phenoxy) is 13. The molecule has 22 N–H and O–H groups in total. The monoisotopic (exact) mass is 1160 g/mol. The molecule has 0 unspecified atom stereocenters. The van der Waals surface area contributed by atoms with Gasteiger partial charge in [-0.25, -0.2) is 0 Å². The third-order valence-corrected chi connectivity index (χ3v) is 16.0. The summed E-state index contributed by atoms with van der Waals surface area (Å²) in [5.74, 6) is -4.60. The maximum atomic E-state index is 11.9. The lowest BCUT2D eigenvalue weighted by Gasteiger charge is -2.55. The lowest BCUT2D eigenvalue weighted by Crippen LogP contribution is -2.72. The largest absolute Gasteiger partial charge is 0.396 e. The van der Waals surface area contributed by atoms with Crippen LogP contribution in [-0.4, -0.2) is 366 Å². The molecule has 0 aromatic rings. The summed E-state index contributed by atoms with van der Waals surface area (Å²) in [7, 11) is 0. The van der Waals surface area contributed by atoms with Gasteiger partial charge >= 0.3 is 0 Å². The molecule has 35 atom stereocenters. The highest BCUT2D eigenvalue weighted by molar-refractivity contribution is 5.08. The summed E-state index contributed by atoms with van der Waals surface area (Å²) in [6.45, 7) is -6.36. The van der Waals surface area contributed by atoms with Crippen molar-refractivity contribution in [1.82, 2.24) is 0 Å². The summed E-state index contributed by atoms with van der Waals surface area (Å²) in [5, 5.41) is 244. The fraction of sp³-hybridized carbons (Fsp3) is 1.00. The van der Waals surface area contributed by atoms with E-state index >= 15 is 0 Å². The molecular formula is C44H74O35. The Morgan fingerprint density at radius 1 is 0.291 bits per heavy atom. The van der Waals surface area contributed by atoms with Gasteiger partial charge in [-0.05, 0) is 6.92 Å². The first kappa shape index (κ1) is 63.6. The van der Waals surface area contributed by atoms with Crippen LogP contribution in [0.2, 0.25) is 0 Å². The third-order valence-electron chi connectivity index (χ3n) is 16.0. The predicted molar refractivity (Wildman–Crippen MR) is 237 cm³/mol. The molecule has 35 nitrogen and oxygen atoms in total. The van der Waals surface area contributed by atoms with Gasteiger partial charge < -0.3 is 174 Å². The number of hydrogen-bond donors (Lipinski definition) is 22. The third kappa shape index (κ3) is 11.9. The zero-order valence-electron chi connectivity index (χ0n) is 41.9. The Morgan fingerprint density at radius 3 is 0.797 bits per heavy atom. The van der Waals surface area contributed by atoms with E-state index < -0.39 is 266 Å². The van der Waals surface area contributed by atoms with Crippen LogP contribution in [-0.2, 0) is 61.6 Å². The molecule has 14 heterocycles. The van der Waals surface area contributed by atoms with E-state index in [1.807, 2.05) is 0 Å². The fourth-order valence-electron chi connectivity index (χ4n) is 11.2. The molecule has 35 heteroatoms. The van der Waals surface area contributed by atoms with E-state index in [0.717, 1.165) is 6.92 Å². The molecule has 0 spiro atoms. The Balaban J connectivity index is 1.10. The van der Waals surface area contributed by atoms with Gasteiger partial charge in [0.15, 0.2) is 43.5 Å². The number of aliphatic hydroxyl groups is 22. The van der Waals surface area contributed by atoms with Crippen LogP contribution in [0.25, 0.3) is 0 Å². The van der Waals surface area contributed by atoms with E-state index in [1.165, 1.54) is 0 Å². The second-order valence-electron chi connectivity index (χ2n) is 20.9. The van der Waals surface area contributed by atoms with Crippen LogP contribution in [0.15, 0.2) is 0 Å². The molecular weight excluding hydrogens is 1090 g/mol. The molecule has 14 saturated heterocycles.